The minimum atomic E-state index is -0.841. The Hall–Kier alpha value is -1.75. The summed E-state index contributed by atoms with van der Waals surface area (Å²) in [5.41, 5.74) is 1.77. The number of aliphatic carboxylic acids is 1. The van der Waals surface area contributed by atoms with Crippen molar-refractivity contribution >= 4 is 21.9 Å². The largest absolute Gasteiger partial charge is 0.481 e. The van der Waals surface area contributed by atoms with Crippen LogP contribution in [0.2, 0.25) is 0 Å². The number of carboxylic acid groups (broad SMARTS) is 1. The van der Waals surface area contributed by atoms with E-state index in [-0.39, 0.29) is 6.42 Å². The standard InChI is InChI=1S/C13H11BrN2O2/c14-10-3-1-2-9(8-10)11-6-7-15-12(16-11)4-5-13(17)18/h1-3,6-8H,4-5H2,(H,17,18). The van der Waals surface area contributed by atoms with E-state index in [1.54, 1.807) is 6.20 Å². The number of benzene rings is 1. The van der Waals surface area contributed by atoms with Gasteiger partial charge in [-0.1, -0.05) is 28.1 Å². The zero-order valence-corrected chi connectivity index (χ0v) is 11.1. The molecule has 0 aliphatic rings. The Balaban J connectivity index is 2.24. The van der Waals surface area contributed by atoms with Gasteiger partial charge in [-0.3, -0.25) is 4.79 Å². The molecule has 0 spiro atoms. The van der Waals surface area contributed by atoms with E-state index >= 15 is 0 Å². The molecule has 1 aromatic carbocycles. The van der Waals surface area contributed by atoms with Crippen molar-refractivity contribution in [3.8, 4) is 11.3 Å². The smallest absolute Gasteiger partial charge is 0.303 e. The fraction of sp³-hybridized carbons (Fsp3) is 0.154. The van der Waals surface area contributed by atoms with Gasteiger partial charge in [-0.25, -0.2) is 9.97 Å². The van der Waals surface area contributed by atoms with Gasteiger partial charge in [0.05, 0.1) is 12.1 Å². The topological polar surface area (TPSA) is 63.1 Å². The Morgan fingerprint density at radius 3 is 2.89 bits per heavy atom. The molecule has 0 saturated heterocycles. The predicted octanol–water partition coefficient (Wildman–Crippen LogP) is 2.92. The van der Waals surface area contributed by atoms with Crippen LogP contribution < -0.4 is 0 Å². The van der Waals surface area contributed by atoms with Crippen LogP contribution in [-0.4, -0.2) is 21.0 Å². The van der Waals surface area contributed by atoms with Gasteiger partial charge in [-0.2, -0.15) is 0 Å². The van der Waals surface area contributed by atoms with E-state index in [1.807, 2.05) is 30.3 Å². The molecule has 1 aromatic heterocycles. The van der Waals surface area contributed by atoms with Crippen molar-refractivity contribution in [2.45, 2.75) is 12.8 Å². The third-order valence-electron chi connectivity index (χ3n) is 2.39. The molecular weight excluding hydrogens is 296 g/mol. The normalized spacial score (nSPS) is 10.3. The van der Waals surface area contributed by atoms with Gasteiger partial charge in [-0.05, 0) is 18.2 Å². The molecule has 5 heteroatoms. The summed E-state index contributed by atoms with van der Waals surface area (Å²) < 4.78 is 0.977. The summed E-state index contributed by atoms with van der Waals surface area (Å²) in [4.78, 5) is 18.9. The van der Waals surface area contributed by atoms with Crippen LogP contribution in [0.15, 0.2) is 41.0 Å². The maximum Gasteiger partial charge on any atom is 0.303 e. The SMILES string of the molecule is O=C(O)CCc1nccc(-c2cccc(Br)c2)n1. The number of carbonyl (C=O) groups is 1. The van der Waals surface area contributed by atoms with Crippen molar-refractivity contribution < 1.29 is 9.90 Å². The first-order chi connectivity index (χ1) is 8.65. The van der Waals surface area contributed by atoms with Crippen LogP contribution in [0.25, 0.3) is 11.3 Å². The Labute approximate surface area is 113 Å². The number of hydrogen-bond acceptors (Lipinski definition) is 3. The number of halogens is 1. The second-order valence-electron chi connectivity index (χ2n) is 3.76. The lowest BCUT2D eigenvalue weighted by Crippen LogP contribution is -2.02. The number of carboxylic acids is 1. The van der Waals surface area contributed by atoms with Crippen LogP contribution in [-0.2, 0) is 11.2 Å². The average molecular weight is 307 g/mol. The van der Waals surface area contributed by atoms with Gasteiger partial charge in [0.1, 0.15) is 5.82 Å². The highest BCUT2D eigenvalue weighted by atomic mass is 79.9. The first-order valence-electron chi connectivity index (χ1n) is 5.45. The van der Waals surface area contributed by atoms with Crippen LogP contribution in [0.4, 0.5) is 0 Å². The highest BCUT2D eigenvalue weighted by Crippen LogP contribution is 2.20. The van der Waals surface area contributed by atoms with Crippen LogP contribution in [0.5, 0.6) is 0 Å². The van der Waals surface area contributed by atoms with E-state index in [2.05, 4.69) is 25.9 Å². The summed E-state index contributed by atoms with van der Waals surface area (Å²) in [6.07, 6.45) is 2.04. The monoisotopic (exact) mass is 306 g/mol. The van der Waals surface area contributed by atoms with Gasteiger partial charge in [0.2, 0.25) is 0 Å². The van der Waals surface area contributed by atoms with E-state index in [0.29, 0.717) is 12.2 Å². The molecule has 0 unspecified atom stereocenters. The van der Waals surface area contributed by atoms with Gasteiger partial charge in [-0.15, -0.1) is 0 Å². The number of aromatic nitrogens is 2. The van der Waals surface area contributed by atoms with E-state index < -0.39 is 5.97 Å². The quantitative estimate of drug-likeness (QED) is 0.943. The Kier molecular flexibility index (Phi) is 4.04. The molecule has 92 valence electrons. The molecule has 0 aliphatic carbocycles. The Bertz CT molecular complexity index is 572. The van der Waals surface area contributed by atoms with Gasteiger partial charge in [0.15, 0.2) is 0 Å². The van der Waals surface area contributed by atoms with E-state index in [9.17, 15) is 4.79 Å². The van der Waals surface area contributed by atoms with Crippen LogP contribution in [0.1, 0.15) is 12.2 Å². The van der Waals surface area contributed by atoms with Crippen molar-refractivity contribution in [2.24, 2.45) is 0 Å². The summed E-state index contributed by atoms with van der Waals surface area (Å²) in [6.45, 7) is 0. The molecule has 0 amide bonds. The minimum Gasteiger partial charge on any atom is -0.481 e. The number of nitrogens with zero attached hydrogens (tertiary/aromatic N) is 2. The summed E-state index contributed by atoms with van der Waals surface area (Å²) in [5, 5.41) is 8.64. The van der Waals surface area contributed by atoms with Crippen molar-refractivity contribution in [3.63, 3.8) is 0 Å². The number of aryl methyl sites for hydroxylation is 1. The molecule has 0 fully saturated rings. The third kappa shape index (κ3) is 3.37. The average Bonchev–Trinajstić information content (AvgIpc) is 2.37. The fourth-order valence-corrected chi connectivity index (χ4v) is 1.95. The molecule has 4 nitrogen and oxygen atoms in total. The molecule has 1 N–H and O–H groups in total. The molecule has 0 bridgehead atoms. The predicted molar refractivity (Wildman–Crippen MR) is 71.1 cm³/mol. The molecule has 18 heavy (non-hydrogen) atoms. The maximum absolute atomic E-state index is 10.5. The molecule has 2 rings (SSSR count). The molecule has 0 atom stereocenters. The molecule has 0 saturated carbocycles. The van der Waals surface area contributed by atoms with E-state index in [1.165, 1.54) is 0 Å². The van der Waals surface area contributed by atoms with Gasteiger partial charge in [0.25, 0.3) is 0 Å². The van der Waals surface area contributed by atoms with Crippen LogP contribution in [0, 0.1) is 0 Å². The summed E-state index contributed by atoms with van der Waals surface area (Å²) in [6, 6.07) is 9.60. The first-order valence-corrected chi connectivity index (χ1v) is 6.24. The minimum absolute atomic E-state index is 0.0436. The fourth-order valence-electron chi connectivity index (χ4n) is 1.55. The Morgan fingerprint density at radius 2 is 2.17 bits per heavy atom. The lowest BCUT2D eigenvalue weighted by atomic mass is 10.1. The number of rotatable bonds is 4. The molecule has 0 radical (unpaired) electrons. The Morgan fingerprint density at radius 1 is 1.33 bits per heavy atom. The second-order valence-corrected chi connectivity index (χ2v) is 4.68. The number of hydrogen-bond donors (Lipinski definition) is 1. The maximum atomic E-state index is 10.5. The van der Waals surface area contributed by atoms with E-state index in [4.69, 9.17) is 5.11 Å². The molecule has 0 aliphatic heterocycles. The summed E-state index contributed by atoms with van der Waals surface area (Å²) in [7, 11) is 0. The first kappa shape index (κ1) is 12.7. The molecular formula is C13H11BrN2O2. The highest BCUT2D eigenvalue weighted by molar-refractivity contribution is 9.10. The van der Waals surface area contributed by atoms with Gasteiger partial charge in [0, 0.05) is 22.7 Å². The highest BCUT2D eigenvalue weighted by Gasteiger charge is 2.05. The zero-order valence-electron chi connectivity index (χ0n) is 9.51. The third-order valence-corrected chi connectivity index (χ3v) is 2.88. The van der Waals surface area contributed by atoms with Crippen molar-refractivity contribution in [3.05, 3.63) is 46.8 Å². The summed E-state index contributed by atoms with van der Waals surface area (Å²) >= 11 is 3.41. The second kappa shape index (κ2) is 5.73. The van der Waals surface area contributed by atoms with Crippen molar-refractivity contribution in [2.75, 3.05) is 0 Å². The lowest BCUT2D eigenvalue weighted by Gasteiger charge is -2.03. The summed E-state index contributed by atoms with van der Waals surface area (Å²) in [5.74, 6) is -0.290. The molecule has 2 aromatic rings. The van der Waals surface area contributed by atoms with Crippen LogP contribution >= 0.6 is 15.9 Å². The van der Waals surface area contributed by atoms with Gasteiger partial charge < -0.3 is 5.11 Å². The lowest BCUT2D eigenvalue weighted by molar-refractivity contribution is -0.137. The molecule has 1 heterocycles. The van der Waals surface area contributed by atoms with Gasteiger partial charge >= 0.3 is 5.97 Å². The zero-order chi connectivity index (χ0) is 13.0. The van der Waals surface area contributed by atoms with Crippen LogP contribution in [0.3, 0.4) is 0 Å². The van der Waals surface area contributed by atoms with Crippen molar-refractivity contribution in [1.29, 1.82) is 0 Å². The van der Waals surface area contributed by atoms with Crippen molar-refractivity contribution in [1.82, 2.24) is 9.97 Å². The van der Waals surface area contributed by atoms with E-state index in [0.717, 1.165) is 15.7 Å².